The Labute approximate surface area is 172 Å². The first kappa shape index (κ1) is 20.5. The first-order valence-electron chi connectivity index (χ1n) is 9.03. The zero-order chi connectivity index (χ0) is 19.8. The summed E-state index contributed by atoms with van der Waals surface area (Å²) >= 11 is 3.48. The zero-order valence-electron chi connectivity index (χ0n) is 16.0. The van der Waals surface area contributed by atoms with E-state index in [2.05, 4.69) is 35.9 Å². The highest BCUT2D eigenvalue weighted by atomic mass is 32.2. The maximum atomic E-state index is 12.3. The molecular weight excluding hydrogens is 392 g/mol. The van der Waals surface area contributed by atoms with Crippen molar-refractivity contribution in [3.8, 4) is 0 Å². The molecular formula is C19H24N6OS2. The molecule has 0 saturated carbocycles. The molecule has 0 aliphatic rings. The quantitative estimate of drug-likeness (QED) is 0.437. The summed E-state index contributed by atoms with van der Waals surface area (Å²) in [5.74, 6) is 2.29. The van der Waals surface area contributed by atoms with Crippen LogP contribution in [-0.4, -0.2) is 39.3 Å². The second-order valence-electron chi connectivity index (χ2n) is 6.31. The molecule has 0 aromatic carbocycles. The first-order chi connectivity index (χ1) is 13.6. The highest BCUT2D eigenvalue weighted by Crippen LogP contribution is 2.15. The van der Waals surface area contributed by atoms with Crippen LogP contribution in [-0.2, 0) is 18.7 Å². The van der Waals surface area contributed by atoms with Crippen LogP contribution in [0.3, 0.4) is 0 Å². The van der Waals surface area contributed by atoms with Gasteiger partial charge in [-0.15, -0.1) is 11.3 Å². The lowest BCUT2D eigenvalue weighted by Gasteiger charge is -2.06. The van der Waals surface area contributed by atoms with Gasteiger partial charge in [-0.25, -0.2) is 9.97 Å². The molecule has 3 rings (SSSR count). The molecule has 0 radical (unpaired) electrons. The van der Waals surface area contributed by atoms with Gasteiger partial charge in [0.2, 0.25) is 5.95 Å². The minimum atomic E-state index is -0.120. The molecule has 3 aromatic rings. The summed E-state index contributed by atoms with van der Waals surface area (Å²) in [5.41, 5.74) is 3.58. The Balaban J connectivity index is 1.42. The van der Waals surface area contributed by atoms with Gasteiger partial charge < -0.3 is 10.6 Å². The number of H-pyrrole nitrogens is 1. The minimum Gasteiger partial charge on any atom is -0.355 e. The number of thioether (sulfide) groups is 1. The van der Waals surface area contributed by atoms with E-state index in [1.807, 2.05) is 26.1 Å². The number of nitrogens with one attached hydrogen (secondary N) is 3. The minimum absolute atomic E-state index is 0.120. The summed E-state index contributed by atoms with van der Waals surface area (Å²) in [6.07, 6.45) is 3.95. The van der Waals surface area contributed by atoms with Crippen LogP contribution < -0.4 is 16.2 Å². The Hall–Kier alpha value is -2.23. The van der Waals surface area contributed by atoms with E-state index in [1.54, 1.807) is 35.5 Å². The monoisotopic (exact) mass is 416 g/mol. The Kier molecular flexibility index (Phi) is 7.58. The standard InChI is InChI=1S/C19H24N6OS2/c1-13-3-4-14(8-22-13)7-15-9-23-19(25-18(15)26)21-5-6-27-11-16-12-28-17(24-16)10-20-2/h3-4,8-9,12,20H,5-7,10-11H2,1-2H3,(H2,21,23,25,26). The smallest absolute Gasteiger partial charge is 0.255 e. The summed E-state index contributed by atoms with van der Waals surface area (Å²) in [6, 6.07) is 3.92. The summed E-state index contributed by atoms with van der Waals surface area (Å²) in [6.45, 7) is 3.48. The van der Waals surface area contributed by atoms with Crippen LogP contribution in [0.2, 0.25) is 0 Å². The lowest BCUT2D eigenvalue weighted by atomic mass is 10.1. The summed E-state index contributed by atoms with van der Waals surface area (Å²) in [4.78, 5) is 28.2. The molecule has 0 bridgehead atoms. The van der Waals surface area contributed by atoms with Crippen LogP contribution in [0.1, 0.15) is 27.5 Å². The molecule has 0 atom stereocenters. The van der Waals surface area contributed by atoms with Crippen molar-refractivity contribution in [3.05, 3.63) is 67.8 Å². The Morgan fingerprint density at radius 2 is 2.14 bits per heavy atom. The number of thiazole rings is 1. The van der Waals surface area contributed by atoms with Gasteiger partial charge >= 0.3 is 0 Å². The van der Waals surface area contributed by atoms with Gasteiger partial charge in [-0.05, 0) is 25.6 Å². The normalized spacial score (nSPS) is 10.9. The van der Waals surface area contributed by atoms with Crippen LogP contribution in [0, 0.1) is 6.92 Å². The fraction of sp³-hybridized carbons (Fsp3) is 0.368. The van der Waals surface area contributed by atoms with Crippen molar-refractivity contribution in [3.63, 3.8) is 0 Å². The molecule has 0 aliphatic carbocycles. The lowest BCUT2D eigenvalue weighted by molar-refractivity contribution is 0.807. The van der Waals surface area contributed by atoms with Gasteiger partial charge in [0.05, 0.1) is 5.69 Å². The SMILES string of the molecule is CNCc1nc(CSCCNc2ncc(Cc3ccc(C)nc3)c(=O)[nH]2)cs1. The molecule has 9 heteroatoms. The van der Waals surface area contributed by atoms with E-state index in [4.69, 9.17) is 0 Å². The highest BCUT2D eigenvalue weighted by Gasteiger charge is 2.05. The predicted octanol–water partition coefficient (Wildman–Crippen LogP) is 2.59. The second-order valence-corrected chi connectivity index (χ2v) is 8.36. The number of pyridine rings is 1. The van der Waals surface area contributed by atoms with Crippen LogP contribution in [0.4, 0.5) is 5.95 Å². The third kappa shape index (κ3) is 6.15. The molecule has 0 unspecified atom stereocenters. The van der Waals surface area contributed by atoms with Crippen molar-refractivity contribution in [2.24, 2.45) is 0 Å². The van der Waals surface area contributed by atoms with E-state index in [9.17, 15) is 4.79 Å². The summed E-state index contributed by atoms with van der Waals surface area (Å²) < 4.78 is 0. The van der Waals surface area contributed by atoms with Gasteiger partial charge in [0.25, 0.3) is 5.56 Å². The van der Waals surface area contributed by atoms with Crippen molar-refractivity contribution < 1.29 is 0 Å². The Bertz CT molecular complexity index is 938. The average Bonchev–Trinajstić information content (AvgIpc) is 3.13. The fourth-order valence-electron chi connectivity index (χ4n) is 2.53. The number of aryl methyl sites for hydroxylation is 1. The zero-order valence-corrected chi connectivity index (χ0v) is 17.6. The number of aromatic amines is 1. The van der Waals surface area contributed by atoms with Crippen LogP contribution in [0.25, 0.3) is 0 Å². The molecule has 0 fully saturated rings. The van der Waals surface area contributed by atoms with Crippen molar-refractivity contribution >= 4 is 29.0 Å². The first-order valence-corrected chi connectivity index (χ1v) is 11.1. The Morgan fingerprint density at radius 1 is 1.25 bits per heavy atom. The average molecular weight is 417 g/mol. The second kappa shape index (κ2) is 10.4. The molecule has 0 spiro atoms. The number of hydrogen-bond acceptors (Lipinski definition) is 8. The number of aromatic nitrogens is 4. The maximum absolute atomic E-state index is 12.3. The topological polar surface area (TPSA) is 95.6 Å². The van der Waals surface area contributed by atoms with Crippen molar-refractivity contribution in [1.82, 2.24) is 25.3 Å². The van der Waals surface area contributed by atoms with Crippen molar-refractivity contribution in [2.45, 2.75) is 25.6 Å². The third-order valence-corrected chi connectivity index (χ3v) is 5.85. The molecule has 28 heavy (non-hydrogen) atoms. The lowest BCUT2D eigenvalue weighted by Crippen LogP contribution is -2.18. The molecule has 0 amide bonds. The van der Waals surface area contributed by atoms with Gasteiger partial charge in [-0.2, -0.15) is 11.8 Å². The Morgan fingerprint density at radius 3 is 2.89 bits per heavy atom. The van der Waals surface area contributed by atoms with Gasteiger partial charge in [0, 0.05) is 60.0 Å². The molecule has 0 aliphatic heterocycles. The van der Waals surface area contributed by atoms with Crippen LogP contribution in [0.15, 0.2) is 34.7 Å². The van der Waals surface area contributed by atoms with E-state index in [0.29, 0.717) is 17.9 Å². The molecule has 148 valence electrons. The van der Waals surface area contributed by atoms with Crippen molar-refractivity contribution in [2.75, 3.05) is 24.7 Å². The number of rotatable bonds is 10. The fourth-order valence-corrected chi connectivity index (χ4v) is 4.18. The number of hydrogen-bond donors (Lipinski definition) is 3. The summed E-state index contributed by atoms with van der Waals surface area (Å²) in [7, 11) is 1.92. The van der Waals surface area contributed by atoms with Crippen molar-refractivity contribution in [1.29, 1.82) is 0 Å². The predicted molar refractivity (Wildman–Crippen MR) is 116 cm³/mol. The number of nitrogens with zero attached hydrogens (tertiary/aromatic N) is 3. The van der Waals surface area contributed by atoms with E-state index in [1.165, 1.54) is 0 Å². The van der Waals surface area contributed by atoms with Gasteiger partial charge in [-0.3, -0.25) is 14.8 Å². The van der Waals surface area contributed by atoms with E-state index < -0.39 is 0 Å². The van der Waals surface area contributed by atoms with E-state index >= 15 is 0 Å². The molecule has 3 heterocycles. The van der Waals surface area contributed by atoms with Gasteiger partial charge in [0.1, 0.15) is 5.01 Å². The number of anilines is 1. The molecule has 3 N–H and O–H groups in total. The molecule has 3 aromatic heterocycles. The van der Waals surface area contributed by atoms with Crippen LogP contribution >= 0.6 is 23.1 Å². The summed E-state index contributed by atoms with van der Waals surface area (Å²) in [5, 5.41) is 9.49. The molecule has 7 nitrogen and oxygen atoms in total. The third-order valence-electron chi connectivity index (χ3n) is 3.96. The van der Waals surface area contributed by atoms with E-state index in [-0.39, 0.29) is 5.56 Å². The van der Waals surface area contributed by atoms with E-state index in [0.717, 1.165) is 46.6 Å². The maximum Gasteiger partial charge on any atom is 0.255 e. The highest BCUT2D eigenvalue weighted by molar-refractivity contribution is 7.98. The van der Waals surface area contributed by atoms with Crippen LogP contribution in [0.5, 0.6) is 0 Å². The largest absolute Gasteiger partial charge is 0.355 e. The van der Waals surface area contributed by atoms with Gasteiger partial charge in [-0.1, -0.05) is 6.07 Å². The van der Waals surface area contributed by atoms with Gasteiger partial charge in [0.15, 0.2) is 0 Å². The molecule has 0 saturated heterocycles.